The van der Waals surface area contributed by atoms with E-state index in [0.717, 1.165) is 4.90 Å². The van der Waals surface area contributed by atoms with Crippen LogP contribution in [0.15, 0.2) is 29.2 Å². The molecule has 1 amide bonds. The third-order valence-electron chi connectivity index (χ3n) is 3.48. The van der Waals surface area contributed by atoms with Crippen molar-refractivity contribution < 1.29 is 14.6 Å². The smallest absolute Gasteiger partial charge is 0.252 e. The van der Waals surface area contributed by atoms with Gasteiger partial charge in [-0.3, -0.25) is 4.79 Å². The highest BCUT2D eigenvalue weighted by Gasteiger charge is 2.34. The quantitative estimate of drug-likeness (QED) is 0.824. The SMILES string of the molecule is CSc1ccccc1C(=O)NC1(CO)CCOCC1. The molecule has 1 aliphatic rings. The monoisotopic (exact) mass is 281 g/mol. The summed E-state index contributed by atoms with van der Waals surface area (Å²) in [6.45, 7) is 1.10. The first-order valence-corrected chi connectivity index (χ1v) is 7.57. The average molecular weight is 281 g/mol. The molecule has 0 aromatic heterocycles. The van der Waals surface area contributed by atoms with Gasteiger partial charge < -0.3 is 15.2 Å². The summed E-state index contributed by atoms with van der Waals surface area (Å²) in [4.78, 5) is 13.3. The number of hydrogen-bond donors (Lipinski definition) is 2. The number of hydrogen-bond acceptors (Lipinski definition) is 4. The predicted octanol–water partition coefficient (Wildman–Crippen LogP) is 1.68. The predicted molar refractivity (Wildman–Crippen MR) is 75.6 cm³/mol. The first-order chi connectivity index (χ1) is 9.21. The summed E-state index contributed by atoms with van der Waals surface area (Å²) in [5.41, 5.74) is 0.121. The second kappa shape index (κ2) is 6.41. The minimum atomic E-state index is -0.541. The molecule has 1 aliphatic heterocycles. The number of thioether (sulfide) groups is 1. The van der Waals surface area contributed by atoms with Crippen LogP contribution in [0.2, 0.25) is 0 Å². The number of rotatable bonds is 4. The van der Waals surface area contributed by atoms with Crippen LogP contribution in [0.3, 0.4) is 0 Å². The lowest BCUT2D eigenvalue weighted by Gasteiger charge is -2.36. The number of ether oxygens (including phenoxy) is 1. The Balaban J connectivity index is 2.15. The van der Waals surface area contributed by atoms with Gasteiger partial charge in [-0.25, -0.2) is 0 Å². The fourth-order valence-electron chi connectivity index (χ4n) is 2.23. The molecule has 1 aromatic rings. The number of aliphatic hydroxyl groups is 1. The van der Waals surface area contributed by atoms with Gasteiger partial charge in [-0.1, -0.05) is 12.1 Å². The van der Waals surface area contributed by atoms with Gasteiger partial charge >= 0.3 is 0 Å². The molecule has 0 bridgehead atoms. The number of carbonyl (C=O) groups excluding carboxylic acids is 1. The van der Waals surface area contributed by atoms with Gasteiger partial charge in [-0.05, 0) is 31.2 Å². The number of benzene rings is 1. The summed E-state index contributed by atoms with van der Waals surface area (Å²) >= 11 is 1.54. The van der Waals surface area contributed by atoms with Gasteiger partial charge in [0.25, 0.3) is 5.91 Å². The van der Waals surface area contributed by atoms with Crippen LogP contribution in [-0.2, 0) is 4.74 Å². The number of carbonyl (C=O) groups is 1. The summed E-state index contributed by atoms with van der Waals surface area (Å²) in [5.74, 6) is -0.124. The summed E-state index contributed by atoms with van der Waals surface area (Å²) in [5, 5.41) is 12.6. The van der Waals surface area contributed by atoms with Crippen molar-refractivity contribution in [1.82, 2.24) is 5.32 Å². The molecule has 1 saturated heterocycles. The van der Waals surface area contributed by atoms with Gasteiger partial charge in [-0.2, -0.15) is 0 Å². The molecular formula is C14H19NO3S. The third-order valence-corrected chi connectivity index (χ3v) is 4.28. The normalized spacial score (nSPS) is 18.0. The molecule has 0 atom stereocenters. The zero-order chi connectivity index (χ0) is 13.7. The van der Waals surface area contributed by atoms with Crippen molar-refractivity contribution in [1.29, 1.82) is 0 Å². The largest absolute Gasteiger partial charge is 0.394 e. The number of aliphatic hydroxyl groups excluding tert-OH is 1. The molecule has 0 spiro atoms. The molecule has 0 aliphatic carbocycles. The highest BCUT2D eigenvalue weighted by Crippen LogP contribution is 2.24. The highest BCUT2D eigenvalue weighted by atomic mass is 32.2. The Bertz CT molecular complexity index is 444. The van der Waals surface area contributed by atoms with E-state index in [0.29, 0.717) is 31.6 Å². The first kappa shape index (κ1) is 14.4. The Labute approximate surface area is 117 Å². The van der Waals surface area contributed by atoms with Gasteiger partial charge in [0.1, 0.15) is 0 Å². The summed E-state index contributed by atoms with van der Waals surface area (Å²) in [6.07, 6.45) is 3.25. The van der Waals surface area contributed by atoms with Crippen molar-refractivity contribution in [3.63, 3.8) is 0 Å². The summed E-state index contributed by atoms with van der Waals surface area (Å²) < 4.78 is 5.29. The molecule has 1 aromatic carbocycles. The van der Waals surface area contributed by atoms with E-state index in [1.54, 1.807) is 11.8 Å². The number of nitrogens with one attached hydrogen (secondary N) is 1. The molecule has 2 N–H and O–H groups in total. The fourth-order valence-corrected chi connectivity index (χ4v) is 2.82. The maximum atomic E-state index is 12.4. The lowest BCUT2D eigenvalue weighted by Crippen LogP contribution is -2.54. The lowest BCUT2D eigenvalue weighted by molar-refractivity contribution is 0.0125. The van der Waals surface area contributed by atoms with Crippen molar-refractivity contribution in [2.75, 3.05) is 26.1 Å². The topological polar surface area (TPSA) is 58.6 Å². The van der Waals surface area contributed by atoms with Crippen LogP contribution in [0.1, 0.15) is 23.2 Å². The van der Waals surface area contributed by atoms with Crippen LogP contribution in [0, 0.1) is 0 Å². The molecular weight excluding hydrogens is 262 g/mol. The fraction of sp³-hybridized carbons (Fsp3) is 0.500. The Morgan fingerprint density at radius 2 is 2.11 bits per heavy atom. The number of amides is 1. The van der Waals surface area contributed by atoms with Crippen LogP contribution in [0.25, 0.3) is 0 Å². The van der Waals surface area contributed by atoms with Crippen molar-refractivity contribution in [2.24, 2.45) is 0 Å². The van der Waals surface area contributed by atoms with Crippen molar-refractivity contribution >= 4 is 17.7 Å². The van der Waals surface area contributed by atoms with Crippen LogP contribution in [0.5, 0.6) is 0 Å². The first-order valence-electron chi connectivity index (χ1n) is 6.35. The van der Waals surface area contributed by atoms with Gasteiger partial charge in [0, 0.05) is 18.1 Å². The zero-order valence-corrected chi connectivity index (χ0v) is 11.8. The molecule has 0 saturated carbocycles. The Kier molecular flexibility index (Phi) is 4.85. The van der Waals surface area contributed by atoms with Crippen LogP contribution in [-0.4, -0.2) is 42.6 Å². The summed E-state index contributed by atoms with van der Waals surface area (Å²) in [6, 6.07) is 7.50. The molecule has 1 heterocycles. The molecule has 104 valence electrons. The van der Waals surface area contributed by atoms with Crippen LogP contribution in [0.4, 0.5) is 0 Å². The van der Waals surface area contributed by atoms with E-state index in [4.69, 9.17) is 4.74 Å². The molecule has 5 heteroatoms. The van der Waals surface area contributed by atoms with Gasteiger partial charge in [0.2, 0.25) is 0 Å². The Morgan fingerprint density at radius 3 is 2.74 bits per heavy atom. The van der Waals surface area contributed by atoms with E-state index in [9.17, 15) is 9.90 Å². The second-order valence-electron chi connectivity index (χ2n) is 4.71. The van der Waals surface area contributed by atoms with E-state index >= 15 is 0 Å². The molecule has 0 unspecified atom stereocenters. The molecule has 19 heavy (non-hydrogen) atoms. The average Bonchev–Trinajstić information content (AvgIpc) is 2.48. The lowest BCUT2D eigenvalue weighted by atomic mass is 9.90. The third kappa shape index (κ3) is 3.29. The Hall–Kier alpha value is -1.04. The minimum absolute atomic E-state index is 0.0520. The van der Waals surface area contributed by atoms with Gasteiger partial charge in [-0.15, -0.1) is 11.8 Å². The van der Waals surface area contributed by atoms with Gasteiger partial charge in [0.15, 0.2) is 0 Å². The second-order valence-corrected chi connectivity index (χ2v) is 5.55. The highest BCUT2D eigenvalue weighted by molar-refractivity contribution is 7.98. The molecule has 0 radical (unpaired) electrons. The van der Waals surface area contributed by atoms with Gasteiger partial charge in [0.05, 0.1) is 17.7 Å². The van der Waals surface area contributed by atoms with Crippen LogP contribution >= 0.6 is 11.8 Å². The van der Waals surface area contributed by atoms with E-state index < -0.39 is 5.54 Å². The van der Waals surface area contributed by atoms with E-state index in [1.165, 1.54) is 0 Å². The molecule has 2 rings (SSSR count). The minimum Gasteiger partial charge on any atom is -0.394 e. The van der Waals surface area contributed by atoms with Crippen molar-refractivity contribution in [3.8, 4) is 0 Å². The zero-order valence-electron chi connectivity index (χ0n) is 11.0. The van der Waals surface area contributed by atoms with Crippen molar-refractivity contribution in [2.45, 2.75) is 23.3 Å². The van der Waals surface area contributed by atoms with E-state index in [2.05, 4.69) is 5.32 Å². The molecule has 1 fully saturated rings. The maximum absolute atomic E-state index is 12.4. The van der Waals surface area contributed by atoms with E-state index in [-0.39, 0.29) is 12.5 Å². The molecule has 4 nitrogen and oxygen atoms in total. The van der Waals surface area contributed by atoms with Crippen molar-refractivity contribution in [3.05, 3.63) is 29.8 Å². The van der Waals surface area contributed by atoms with Crippen LogP contribution < -0.4 is 5.32 Å². The standard InChI is InChI=1S/C14H19NO3S/c1-19-12-5-3-2-4-11(12)13(17)15-14(10-16)6-8-18-9-7-14/h2-5,16H,6-10H2,1H3,(H,15,17). The van der Waals surface area contributed by atoms with E-state index in [1.807, 2.05) is 30.5 Å². The summed E-state index contributed by atoms with van der Waals surface area (Å²) in [7, 11) is 0. The Morgan fingerprint density at radius 1 is 1.42 bits per heavy atom. The maximum Gasteiger partial charge on any atom is 0.252 e.